The van der Waals surface area contributed by atoms with Crippen molar-refractivity contribution in [1.29, 1.82) is 0 Å². The minimum Gasteiger partial charge on any atom is -0.411 e. The first kappa shape index (κ1) is 9.42. The third kappa shape index (κ3) is 1.46. The first-order valence-corrected chi connectivity index (χ1v) is 4.77. The lowest BCUT2D eigenvalue weighted by Crippen LogP contribution is -1.90. The molecular weight excluding hydrogens is 271 g/mol. The Bertz CT molecular complexity index is 510. The van der Waals surface area contributed by atoms with Crippen LogP contribution in [0.1, 0.15) is 5.56 Å². The summed E-state index contributed by atoms with van der Waals surface area (Å²) in [4.78, 5) is 4.05. The van der Waals surface area contributed by atoms with Crippen LogP contribution in [0, 0.1) is 0 Å². The second-order valence-electron chi connectivity index (χ2n) is 2.47. The summed E-state index contributed by atoms with van der Waals surface area (Å²) < 4.78 is 2.08. The van der Waals surface area contributed by atoms with Crippen molar-refractivity contribution < 1.29 is 5.21 Å². The molecule has 0 radical (unpaired) electrons. The predicted octanol–water partition coefficient (Wildman–Crippen LogP) is 1.95. The fourth-order valence-electron chi connectivity index (χ4n) is 1.07. The van der Waals surface area contributed by atoms with Crippen molar-refractivity contribution in [3.63, 3.8) is 0 Å². The monoisotopic (exact) mass is 274 g/mol. The van der Waals surface area contributed by atoms with Gasteiger partial charge in [0.25, 0.3) is 0 Å². The Kier molecular flexibility index (Phi) is 2.39. The van der Waals surface area contributed by atoms with Crippen LogP contribution in [0.4, 0.5) is 0 Å². The number of nitrogens with zero attached hydrogens (tertiary/aromatic N) is 4. The standard InChI is InChI=1S/C7H4BrClN4O/c8-6-4(3-10-14)7-11-5(9)1-2-13(7)12-6/h1-3,14H. The van der Waals surface area contributed by atoms with Crippen LogP contribution in [-0.4, -0.2) is 26.0 Å². The smallest absolute Gasteiger partial charge is 0.166 e. The van der Waals surface area contributed by atoms with Gasteiger partial charge in [0.1, 0.15) is 9.76 Å². The summed E-state index contributed by atoms with van der Waals surface area (Å²) in [6.45, 7) is 0. The molecule has 0 amide bonds. The number of halogens is 2. The molecular formula is C7H4BrClN4O. The molecule has 0 fully saturated rings. The van der Waals surface area contributed by atoms with E-state index in [0.29, 0.717) is 21.0 Å². The molecule has 0 aliphatic carbocycles. The summed E-state index contributed by atoms with van der Waals surface area (Å²) in [5.41, 5.74) is 1.11. The largest absolute Gasteiger partial charge is 0.411 e. The lowest BCUT2D eigenvalue weighted by molar-refractivity contribution is 0.322. The molecule has 0 saturated heterocycles. The molecule has 0 atom stereocenters. The summed E-state index contributed by atoms with van der Waals surface area (Å²) in [6, 6.07) is 1.62. The lowest BCUT2D eigenvalue weighted by Gasteiger charge is -1.92. The second-order valence-corrected chi connectivity index (χ2v) is 3.61. The van der Waals surface area contributed by atoms with Crippen LogP contribution in [0.15, 0.2) is 22.0 Å². The van der Waals surface area contributed by atoms with Crippen molar-refractivity contribution in [1.82, 2.24) is 14.6 Å². The van der Waals surface area contributed by atoms with Crippen LogP contribution in [0.25, 0.3) is 5.65 Å². The Morgan fingerprint density at radius 2 is 2.43 bits per heavy atom. The molecule has 5 nitrogen and oxygen atoms in total. The molecule has 1 N–H and O–H groups in total. The molecule has 0 spiro atoms. The van der Waals surface area contributed by atoms with Crippen molar-refractivity contribution in [3.05, 3.63) is 27.6 Å². The average Bonchev–Trinajstić information content (AvgIpc) is 2.45. The van der Waals surface area contributed by atoms with Gasteiger partial charge in [0.15, 0.2) is 5.65 Å². The zero-order chi connectivity index (χ0) is 10.1. The van der Waals surface area contributed by atoms with Gasteiger partial charge in [0, 0.05) is 6.20 Å². The summed E-state index contributed by atoms with van der Waals surface area (Å²) in [6.07, 6.45) is 2.92. The SMILES string of the molecule is ON=Cc1c(Br)nn2ccc(Cl)nc12. The topological polar surface area (TPSA) is 62.8 Å². The van der Waals surface area contributed by atoms with E-state index in [-0.39, 0.29) is 0 Å². The number of hydrogen-bond donors (Lipinski definition) is 1. The van der Waals surface area contributed by atoms with Gasteiger partial charge in [0.2, 0.25) is 0 Å². The van der Waals surface area contributed by atoms with Gasteiger partial charge in [-0.1, -0.05) is 16.8 Å². The molecule has 0 unspecified atom stereocenters. The molecule has 0 aliphatic rings. The highest BCUT2D eigenvalue weighted by Gasteiger charge is 2.10. The van der Waals surface area contributed by atoms with E-state index in [9.17, 15) is 0 Å². The molecule has 2 heterocycles. The van der Waals surface area contributed by atoms with Gasteiger partial charge < -0.3 is 5.21 Å². The van der Waals surface area contributed by atoms with Gasteiger partial charge in [-0.15, -0.1) is 0 Å². The first-order chi connectivity index (χ1) is 6.72. The van der Waals surface area contributed by atoms with Crippen LogP contribution < -0.4 is 0 Å². The van der Waals surface area contributed by atoms with Crippen molar-refractivity contribution >= 4 is 39.4 Å². The van der Waals surface area contributed by atoms with E-state index in [0.717, 1.165) is 0 Å². The minimum absolute atomic E-state index is 0.359. The molecule has 7 heteroatoms. The zero-order valence-electron chi connectivity index (χ0n) is 6.72. The van der Waals surface area contributed by atoms with E-state index in [1.165, 1.54) is 10.7 Å². The highest BCUT2D eigenvalue weighted by atomic mass is 79.9. The quantitative estimate of drug-likeness (QED) is 0.374. The van der Waals surface area contributed by atoms with Crippen molar-refractivity contribution in [2.45, 2.75) is 0 Å². The van der Waals surface area contributed by atoms with Gasteiger partial charge in [-0.25, -0.2) is 9.50 Å². The Hall–Kier alpha value is -1.14. The summed E-state index contributed by atoms with van der Waals surface area (Å²) in [7, 11) is 0. The predicted molar refractivity (Wildman–Crippen MR) is 55.1 cm³/mol. The van der Waals surface area contributed by atoms with Crippen LogP contribution in [-0.2, 0) is 0 Å². The van der Waals surface area contributed by atoms with Crippen molar-refractivity contribution in [2.24, 2.45) is 5.16 Å². The maximum Gasteiger partial charge on any atom is 0.166 e. The number of rotatable bonds is 1. The number of oxime groups is 1. The molecule has 2 aromatic rings. The van der Waals surface area contributed by atoms with E-state index in [1.54, 1.807) is 12.3 Å². The maximum atomic E-state index is 8.44. The van der Waals surface area contributed by atoms with E-state index in [2.05, 4.69) is 31.2 Å². The number of hydrogen-bond acceptors (Lipinski definition) is 4. The summed E-state index contributed by atoms with van der Waals surface area (Å²) in [5.74, 6) is 0. The van der Waals surface area contributed by atoms with E-state index in [1.807, 2.05) is 0 Å². The van der Waals surface area contributed by atoms with Crippen molar-refractivity contribution in [2.75, 3.05) is 0 Å². The van der Waals surface area contributed by atoms with Gasteiger partial charge >= 0.3 is 0 Å². The Morgan fingerprint density at radius 3 is 3.14 bits per heavy atom. The highest BCUT2D eigenvalue weighted by molar-refractivity contribution is 9.10. The number of aromatic nitrogens is 3. The minimum atomic E-state index is 0.359. The highest BCUT2D eigenvalue weighted by Crippen LogP contribution is 2.18. The van der Waals surface area contributed by atoms with Gasteiger partial charge in [-0.2, -0.15) is 5.10 Å². The molecule has 0 saturated carbocycles. The normalized spacial score (nSPS) is 11.6. The van der Waals surface area contributed by atoms with E-state index < -0.39 is 0 Å². The Labute approximate surface area is 92.1 Å². The fraction of sp³-hybridized carbons (Fsp3) is 0. The van der Waals surface area contributed by atoms with E-state index in [4.69, 9.17) is 16.8 Å². The summed E-state index contributed by atoms with van der Waals surface area (Å²) >= 11 is 8.94. The molecule has 14 heavy (non-hydrogen) atoms. The van der Waals surface area contributed by atoms with Crippen LogP contribution >= 0.6 is 27.5 Å². The fourth-order valence-corrected chi connectivity index (χ4v) is 1.65. The first-order valence-electron chi connectivity index (χ1n) is 3.60. The molecule has 0 aliphatic heterocycles. The third-order valence-corrected chi connectivity index (χ3v) is 2.42. The van der Waals surface area contributed by atoms with E-state index >= 15 is 0 Å². The van der Waals surface area contributed by atoms with Crippen molar-refractivity contribution in [3.8, 4) is 0 Å². The molecule has 2 aromatic heterocycles. The van der Waals surface area contributed by atoms with Crippen LogP contribution in [0.5, 0.6) is 0 Å². The van der Waals surface area contributed by atoms with Crippen LogP contribution in [0.2, 0.25) is 5.15 Å². The van der Waals surface area contributed by atoms with Gasteiger partial charge in [0.05, 0.1) is 11.8 Å². The molecule has 0 bridgehead atoms. The summed E-state index contributed by atoms with van der Waals surface area (Å²) in [5, 5.41) is 15.8. The molecule has 0 aromatic carbocycles. The zero-order valence-corrected chi connectivity index (χ0v) is 9.07. The number of fused-ring (bicyclic) bond motifs is 1. The third-order valence-electron chi connectivity index (χ3n) is 1.63. The Morgan fingerprint density at radius 1 is 1.64 bits per heavy atom. The molecule has 2 rings (SSSR count). The van der Waals surface area contributed by atoms with Gasteiger partial charge in [-0.3, -0.25) is 0 Å². The lowest BCUT2D eigenvalue weighted by atomic mass is 10.4. The van der Waals surface area contributed by atoms with Crippen LogP contribution in [0.3, 0.4) is 0 Å². The second kappa shape index (κ2) is 3.55. The average molecular weight is 275 g/mol. The molecule has 72 valence electrons. The maximum absolute atomic E-state index is 8.44. The Balaban J connectivity index is 2.79. The van der Waals surface area contributed by atoms with Gasteiger partial charge in [-0.05, 0) is 22.0 Å².